The van der Waals surface area contributed by atoms with Crippen LogP contribution in [0.25, 0.3) is 0 Å². The molecule has 0 fully saturated rings. The summed E-state index contributed by atoms with van der Waals surface area (Å²) in [6.45, 7) is 4.02. The molecule has 4 nitrogen and oxygen atoms in total. The van der Waals surface area contributed by atoms with Crippen LogP contribution in [0.15, 0.2) is 18.5 Å². The zero-order chi connectivity index (χ0) is 11.3. The molecule has 5 heteroatoms. The van der Waals surface area contributed by atoms with E-state index < -0.39 is 0 Å². The fraction of sp³-hybridized carbons (Fsp3) is 0.500. The van der Waals surface area contributed by atoms with Crippen molar-refractivity contribution in [1.82, 2.24) is 15.5 Å². The Morgan fingerprint density at radius 2 is 2.27 bits per heavy atom. The number of rotatable bonds is 4. The van der Waals surface area contributed by atoms with Crippen LogP contribution < -0.4 is 5.32 Å². The van der Waals surface area contributed by atoms with Gasteiger partial charge in [-0.3, -0.25) is 4.79 Å². The number of amides is 1. The second kappa shape index (κ2) is 5.66. The quantitative estimate of drug-likeness (QED) is 0.793. The largest absolute Gasteiger partial charge is 0.348 e. The summed E-state index contributed by atoms with van der Waals surface area (Å²) in [4.78, 5) is 11.7. The number of carbonyl (C=O) groups is 1. The molecule has 1 N–H and O–H groups in total. The van der Waals surface area contributed by atoms with E-state index in [4.69, 9.17) is 11.6 Å². The third kappa shape index (κ3) is 3.47. The monoisotopic (exact) mass is 227 g/mol. The second-order valence-electron chi connectivity index (χ2n) is 3.61. The summed E-state index contributed by atoms with van der Waals surface area (Å²) in [5.41, 5.74) is 0.501. The van der Waals surface area contributed by atoms with E-state index in [-0.39, 0.29) is 11.9 Å². The van der Waals surface area contributed by atoms with E-state index in [9.17, 15) is 4.79 Å². The van der Waals surface area contributed by atoms with Crippen LogP contribution in [-0.2, 0) is 0 Å². The predicted octanol–water partition coefficient (Wildman–Crippen LogP) is 1.47. The van der Waals surface area contributed by atoms with Gasteiger partial charge >= 0.3 is 0 Å². The summed E-state index contributed by atoms with van der Waals surface area (Å²) in [6, 6.07) is 1.60. The Morgan fingerprint density at radius 1 is 1.53 bits per heavy atom. The van der Waals surface area contributed by atoms with Crippen molar-refractivity contribution in [2.24, 2.45) is 5.92 Å². The van der Waals surface area contributed by atoms with Crippen LogP contribution in [0.3, 0.4) is 0 Å². The molecule has 1 amide bonds. The van der Waals surface area contributed by atoms with E-state index in [0.29, 0.717) is 17.4 Å². The summed E-state index contributed by atoms with van der Waals surface area (Å²) in [7, 11) is 0. The van der Waals surface area contributed by atoms with Crippen LogP contribution in [0, 0.1) is 5.92 Å². The van der Waals surface area contributed by atoms with Gasteiger partial charge in [0.1, 0.15) is 0 Å². The third-order valence-corrected chi connectivity index (χ3v) is 2.47. The van der Waals surface area contributed by atoms with E-state index in [2.05, 4.69) is 15.5 Å². The van der Waals surface area contributed by atoms with E-state index in [0.717, 1.165) is 0 Å². The van der Waals surface area contributed by atoms with Gasteiger partial charge in [-0.15, -0.1) is 11.6 Å². The topological polar surface area (TPSA) is 54.9 Å². The van der Waals surface area contributed by atoms with Gasteiger partial charge in [-0.25, -0.2) is 0 Å². The van der Waals surface area contributed by atoms with E-state index in [1.54, 1.807) is 6.07 Å². The lowest BCUT2D eigenvalue weighted by Gasteiger charge is -2.19. The lowest BCUT2D eigenvalue weighted by molar-refractivity contribution is 0.0930. The molecule has 0 aliphatic carbocycles. The maximum atomic E-state index is 11.7. The van der Waals surface area contributed by atoms with Crippen LogP contribution in [0.4, 0.5) is 0 Å². The molecule has 1 rings (SSSR count). The minimum atomic E-state index is -0.163. The van der Waals surface area contributed by atoms with Crippen molar-refractivity contribution >= 4 is 17.5 Å². The van der Waals surface area contributed by atoms with E-state index in [1.807, 2.05) is 13.8 Å². The molecule has 0 radical (unpaired) electrons. The molecule has 1 unspecified atom stereocenters. The molecule has 0 spiro atoms. The number of alkyl halides is 1. The van der Waals surface area contributed by atoms with E-state index in [1.165, 1.54) is 12.4 Å². The fourth-order valence-corrected chi connectivity index (χ4v) is 1.49. The summed E-state index contributed by atoms with van der Waals surface area (Å²) in [5.74, 6) is 0.549. The van der Waals surface area contributed by atoms with Crippen molar-refractivity contribution in [3.8, 4) is 0 Å². The van der Waals surface area contributed by atoms with Gasteiger partial charge in [-0.05, 0) is 12.0 Å². The van der Waals surface area contributed by atoms with Crippen LogP contribution in [-0.4, -0.2) is 28.0 Å². The molecule has 0 saturated carbocycles. The first-order chi connectivity index (χ1) is 7.15. The van der Waals surface area contributed by atoms with Gasteiger partial charge in [0.15, 0.2) is 0 Å². The molecule has 1 aromatic rings. The highest BCUT2D eigenvalue weighted by Crippen LogP contribution is 2.05. The van der Waals surface area contributed by atoms with Gasteiger partial charge in [-0.1, -0.05) is 13.8 Å². The normalized spacial score (nSPS) is 12.5. The lowest BCUT2D eigenvalue weighted by Crippen LogP contribution is -2.39. The van der Waals surface area contributed by atoms with Gasteiger partial charge in [0, 0.05) is 11.9 Å². The highest BCUT2D eigenvalue weighted by molar-refractivity contribution is 6.18. The lowest BCUT2D eigenvalue weighted by atomic mass is 10.1. The number of carbonyl (C=O) groups excluding carboxylic acids is 1. The standard InChI is InChI=1S/C10H14ClN3O/c1-7(2)9(5-11)14-10(15)8-3-4-12-13-6-8/h3-4,6-7,9H,5H2,1-2H3,(H,14,15). The number of aromatic nitrogens is 2. The number of hydrogen-bond donors (Lipinski definition) is 1. The van der Waals surface area contributed by atoms with Crippen LogP contribution in [0.5, 0.6) is 0 Å². The fourth-order valence-electron chi connectivity index (χ4n) is 1.06. The number of halogens is 1. The van der Waals surface area contributed by atoms with Crippen molar-refractivity contribution in [1.29, 1.82) is 0 Å². The Labute approximate surface area is 94.0 Å². The highest BCUT2D eigenvalue weighted by Gasteiger charge is 2.15. The SMILES string of the molecule is CC(C)C(CCl)NC(=O)c1ccnnc1. The zero-order valence-electron chi connectivity index (χ0n) is 8.77. The molecule has 1 atom stereocenters. The van der Waals surface area contributed by atoms with Crippen LogP contribution in [0.1, 0.15) is 24.2 Å². The Balaban J connectivity index is 2.63. The average Bonchev–Trinajstić information content (AvgIpc) is 2.26. The molecule has 0 aliphatic rings. The third-order valence-electron chi connectivity index (χ3n) is 2.13. The van der Waals surface area contributed by atoms with Gasteiger partial charge in [0.05, 0.1) is 18.0 Å². The molecular weight excluding hydrogens is 214 g/mol. The average molecular weight is 228 g/mol. The summed E-state index contributed by atoms with van der Waals surface area (Å²) in [5, 5.41) is 10.1. The minimum absolute atomic E-state index is 0.0210. The first kappa shape index (κ1) is 11.9. The molecule has 0 saturated heterocycles. The van der Waals surface area contributed by atoms with Gasteiger partial charge in [-0.2, -0.15) is 10.2 Å². The molecule has 1 aromatic heterocycles. The number of nitrogens with zero attached hydrogens (tertiary/aromatic N) is 2. The molecule has 1 heterocycles. The van der Waals surface area contributed by atoms with Gasteiger partial charge in [0.25, 0.3) is 5.91 Å². The van der Waals surface area contributed by atoms with Crippen LogP contribution >= 0.6 is 11.6 Å². The first-order valence-corrected chi connectivity index (χ1v) is 5.32. The van der Waals surface area contributed by atoms with Gasteiger partial charge < -0.3 is 5.32 Å². The summed E-state index contributed by atoms with van der Waals surface area (Å²) >= 11 is 5.75. The zero-order valence-corrected chi connectivity index (χ0v) is 9.53. The Bertz CT molecular complexity index is 316. The molecule has 15 heavy (non-hydrogen) atoms. The second-order valence-corrected chi connectivity index (χ2v) is 3.92. The van der Waals surface area contributed by atoms with Crippen molar-refractivity contribution in [2.45, 2.75) is 19.9 Å². The predicted molar refractivity (Wildman–Crippen MR) is 58.8 cm³/mol. The molecule has 82 valence electrons. The van der Waals surface area contributed by atoms with Crippen molar-refractivity contribution in [3.05, 3.63) is 24.0 Å². The molecule has 0 bridgehead atoms. The summed E-state index contributed by atoms with van der Waals surface area (Å²) < 4.78 is 0. The van der Waals surface area contributed by atoms with Crippen LogP contribution in [0.2, 0.25) is 0 Å². The maximum Gasteiger partial charge on any atom is 0.253 e. The molecule has 0 aliphatic heterocycles. The smallest absolute Gasteiger partial charge is 0.253 e. The van der Waals surface area contributed by atoms with Crippen molar-refractivity contribution < 1.29 is 4.79 Å². The van der Waals surface area contributed by atoms with Gasteiger partial charge in [0.2, 0.25) is 0 Å². The molecular formula is C10H14ClN3O. The Hall–Kier alpha value is -1.16. The van der Waals surface area contributed by atoms with Crippen molar-refractivity contribution in [3.63, 3.8) is 0 Å². The maximum absolute atomic E-state index is 11.7. The molecule has 0 aromatic carbocycles. The highest BCUT2D eigenvalue weighted by atomic mass is 35.5. The Morgan fingerprint density at radius 3 is 2.73 bits per heavy atom. The minimum Gasteiger partial charge on any atom is -0.348 e. The van der Waals surface area contributed by atoms with Crippen molar-refractivity contribution in [2.75, 3.05) is 5.88 Å². The Kier molecular flexibility index (Phi) is 4.49. The first-order valence-electron chi connectivity index (χ1n) is 4.78. The van der Waals surface area contributed by atoms with E-state index >= 15 is 0 Å². The summed E-state index contributed by atoms with van der Waals surface area (Å²) in [6.07, 6.45) is 2.92. The number of hydrogen-bond acceptors (Lipinski definition) is 3. The number of nitrogens with one attached hydrogen (secondary N) is 1.